The molecule has 0 spiro atoms. The minimum Gasteiger partial charge on any atom is -0.469 e. The molecular formula is C12H17F2N3O2. The van der Waals surface area contributed by atoms with Crippen LogP contribution in [0.15, 0.2) is 6.20 Å². The van der Waals surface area contributed by atoms with Gasteiger partial charge in [-0.25, -0.2) is 8.78 Å². The fourth-order valence-corrected chi connectivity index (χ4v) is 2.52. The molecule has 0 saturated heterocycles. The van der Waals surface area contributed by atoms with Crippen molar-refractivity contribution >= 4 is 11.7 Å². The smallest absolute Gasteiger partial charge is 0.308 e. The van der Waals surface area contributed by atoms with E-state index in [1.54, 1.807) is 0 Å². The minimum atomic E-state index is -2.66. The molecule has 1 aliphatic carbocycles. The van der Waals surface area contributed by atoms with Crippen LogP contribution in [0.3, 0.4) is 0 Å². The van der Waals surface area contributed by atoms with Crippen molar-refractivity contribution in [2.75, 3.05) is 12.8 Å². The first-order valence-electron chi connectivity index (χ1n) is 6.23. The van der Waals surface area contributed by atoms with Crippen LogP contribution in [0.1, 0.15) is 43.8 Å². The van der Waals surface area contributed by atoms with Gasteiger partial charge < -0.3 is 10.5 Å². The number of halogens is 2. The van der Waals surface area contributed by atoms with Crippen LogP contribution in [0, 0.1) is 5.92 Å². The van der Waals surface area contributed by atoms with Crippen molar-refractivity contribution in [2.24, 2.45) is 5.92 Å². The van der Waals surface area contributed by atoms with E-state index in [9.17, 15) is 13.6 Å². The predicted molar refractivity (Wildman–Crippen MR) is 64.6 cm³/mol. The van der Waals surface area contributed by atoms with Gasteiger partial charge in [0.25, 0.3) is 6.43 Å². The number of nitrogen functional groups attached to an aromatic ring is 1. The Balaban J connectivity index is 2.02. The van der Waals surface area contributed by atoms with Crippen molar-refractivity contribution in [1.82, 2.24) is 9.78 Å². The molecule has 0 bridgehead atoms. The Kier molecular flexibility index (Phi) is 4.01. The number of methoxy groups -OCH3 is 1. The van der Waals surface area contributed by atoms with Gasteiger partial charge in [-0.2, -0.15) is 5.10 Å². The van der Waals surface area contributed by atoms with Crippen LogP contribution >= 0.6 is 0 Å². The maximum atomic E-state index is 12.6. The highest BCUT2D eigenvalue weighted by Gasteiger charge is 2.29. The zero-order chi connectivity index (χ0) is 14.0. The number of aromatic nitrogens is 2. The second-order valence-corrected chi connectivity index (χ2v) is 4.78. The van der Waals surface area contributed by atoms with E-state index in [1.807, 2.05) is 0 Å². The van der Waals surface area contributed by atoms with E-state index in [0.717, 1.165) is 0 Å². The lowest BCUT2D eigenvalue weighted by atomic mass is 9.86. The molecule has 0 atom stereocenters. The molecule has 0 aromatic carbocycles. The summed E-state index contributed by atoms with van der Waals surface area (Å²) in [5.41, 5.74) is 5.16. The molecule has 0 amide bonds. The molecule has 5 nitrogen and oxygen atoms in total. The van der Waals surface area contributed by atoms with Crippen LogP contribution in [-0.4, -0.2) is 22.9 Å². The third-order valence-corrected chi connectivity index (χ3v) is 3.60. The third-order valence-electron chi connectivity index (χ3n) is 3.60. The van der Waals surface area contributed by atoms with Gasteiger partial charge in [-0.1, -0.05) is 0 Å². The minimum absolute atomic E-state index is 0.0186. The number of rotatable bonds is 3. The topological polar surface area (TPSA) is 70.1 Å². The number of carbonyl (C=O) groups excluding carboxylic acids is 1. The number of ether oxygens (including phenoxy) is 1. The lowest BCUT2D eigenvalue weighted by molar-refractivity contribution is -0.146. The Labute approximate surface area is 109 Å². The Morgan fingerprint density at radius 2 is 2.11 bits per heavy atom. The maximum absolute atomic E-state index is 12.6. The third kappa shape index (κ3) is 2.85. The van der Waals surface area contributed by atoms with Gasteiger partial charge >= 0.3 is 5.97 Å². The lowest BCUT2D eigenvalue weighted by Crippen LogP contribution is -2.24. The van der Waals surface area contributed by atoms with Crippen LogP contribution in [0.25, 0.3) is 0 Å². The van der Waals surface area contributed by atoms with E-state index in [2.05, 4.69) is 5.10 Å². The summed E-state index contributed by atoms with van der Waals surface area (Å²) in [6.07, 6.45) is 1.58. The zero-order valence-electron chi connectivity index (χ0n) is 10.7. The number of alkyl halides is 2. The molecule has 7 heteroatoms. The van der Waals surface area contributed by atoms with Crippen molar-refractivity contribution in [3.05, 3.63) is 11.9 Å². The molecule has 1 aromatic heterocycles. The van der Waals surface area contributed by atoms with Crippen LogP contribution in [0.2, 0.25) is 0 Å². The molecule has 1 fully saturated rings. The van der Waals surface area contributed by atoms with Gasteiger partial charge in [-0.05, 0) is 25.7 Å². The molecule has 2 rings (SSSR count). The van der Waals surface area contributed by atoms with Gasteiger partial charge in [0, 0.05) is 6.20 Å². The van der Waals surface area contributed by atoms with Crippen molar-refractivity contribution in [3.63, 3.8) is 0 Å². The summed E-state index contributed by atoms with van der Waals surface area (Å²) in [4.78, 5) is 11.4. The predicted octanol–water partition coefficient (Wildman–Crippen LogP) is 2.31. The molecule has 0 unspecified atom stereocenters. The molecular weight excluding hydrogens is 256 g/mol. The van der Waals surface area contributed by atoms with Crippen molar-refractivity contribution in [3.8, 4) is 0 Å². The highest BCUT2D eigenvalue weighted by molar-refractivity contribution is 5.72. The van der Waals surface area contributed by atoms with E-state index in [4.69, 9.17) is 10.5 Å². The van der Waals surface area contributed by atoms with Crippen molar-refractivity contribution in [2.45, 2.75) is 38.2 Å². The molecule has 2 N–H and O–H groups in total. The van der Waals surface area contributed by atoms with Gasteiger partial charge in [0.2, 0.25) is 0 Å². The van der Waals surface area contributed by atoms with E-state index in [1.165, 1.54) is 18.0 Å². The standard InChI is InChI=1S/C12H17F2N3O2/c1-19-12(18)7-2-4-8(5-3-7)17-6-9(15)10(16-17)11(13)14/h6-8,11H,2-5,15H2,1H3/t7-,8-. The van der Waals surface area contributed by atoms with Crippen molar-refractivity contribution < 1.29 is 18.3 Å². The Morgan fingerprint density at radius 1 is 1.47 bits per heavy atom. The Bertz CT molecular complexity index is 454. The van der Waals surface area contributed by atoms with Crippen molar-refractivity contribution in [1.29, 1.82) is 0 Å². The normalized spacial score (nSPS) is 23.6. The summed E-state index contributed by atoms with van der Waals surface area (Å²) in [6.45, 7) is 0. The molecule has 1 aromatic rings. The number of esters is 1. The van der Waals surface area contributed by atoms with Gasteiger partial charge in [0.15, 0.2) is 5.69 Å². The van der Waals surface area contributed by atoms with E-state index >= 15 is 0 Å². The van der Waals surface area contributed by atoms with Crippen LogP contribution in [-0.2, 0) is 9.53 Å². The second kappa shape index (κ2) is 5.54. The second-order valence-electron chi connectivity index (χ2n) is 4.78. The number of nitrogens with zero attached hydrogens (tertiary/aromatic N) is 2. The number of hydrogen-bond acceptors (Lipinski definition) is 4. The highest BCUT2D eigenvalue weighted by Crippen LogP contribution is 2.34. The summed E-state index contributed by atoms with van der Waals surface area (Å²) < 4.78 is 31.4. The fraction of sp³-hybridized carbons (Fsp3) is 0.667. The van der Waals surface area contributed by atoms with E-state index < -0.39 is 6.43 Å². The van der Waals surface area contributed by atoms with Gasteiger partial charge in [-0.15, -0.1) is 0 Å². The average molecular weight is 273 g/mol. The summed E-state index contributed by atoms with van der Waals surface area (Å²) in [5, 5.41) is 3.85. The highest BCUT2D eigenvalue weighted by atomic mass is 19.3. The van der Waals surface area contributed by atoms with Crippen LogP contribution < -0.4 is 5.73 Å². The van der Waals surface area contributed by atoms with E-state index in [0.29, 0.717) is 25.7 Å². The lowest BCUT2D eigenvalue weighted by Gasteiger charge is -2.27. The summed E-state index contributed by atoms with van der Waals surface area (Å²) >= 11 is 0. The number of anilines is 1. The molecule has 106 valence electrons. The first-order valence-corrected chi connectivity index (χ1v) is 6.23. The molecule has 0 aliphatic heterocycles. The van der Waals surface area contributed by atoms with Crippen LogP contribution in [0.5, 0.6) is 0 Å². The fourth-order valence-electron chi connectivity index (χ4n) is 2.52. The van der Waals surface area contributed by atoms with Crippen LogP contribution in [0.4, 0.5) is 14.5 Å². The Morgan fingerprint density at radius 3 is 2.58 bits per heavy atom. The summed E-state index contributed by atoms with van der Waals surface area (Å²) in [6, 6.07) is 0.0238. The molecule has 0 radical (unpaired) electrons. The maximum Gasteiger partial charge on any atom is 0.308 e. The van der Waals surface area contributed by atoms with Gasteiger partial charge in [-0.3, -0.25) is 9.48 Å². The summed E-state index contributed by atoms with van der Waals surface area (Å²) in [7, 11) is 1.37. The first-order chi connectivity index (χ1) is 9.02. The monoisotopic (exact) mass is 273 g/mol. The largest absolute Gasteiger partial charge is 0.469 e. The number of carbonyl (C=O) groups is 1. The zero-order valence-corrected chi connectivity index (χ0v) is 10.7. The first kappa shape index (κ1) is 13.8. The average Bonchev–Trinajstić information content (AvgIpc) is 2.80. The molecule has 1 heterocycles. The summed E-state index contributed by atoms with van der Waals surface area (Å²) in [5.74, 6) is -0.296. The molecule has 1 aliphatic rings. The van der Waals surface area contributed by atoms with Gasteiger partial charge in [0.05, 0.1) is 24.8 Å². The quantitative estimate of drug-likeness (QED) is 0.858. The van der Waals surface area contributed by atoms with Gasteiger partial charge in [0.1, 0.15) is 0 Å². The number of hydrogen-bond donors (Lipinski definition) is 1. The SMILES string of the molecule is COC(=O)[C@H]1CC[C@H](n2cc(N)c(C(F)F)n2)CC1. The van der Waals surface area contributed by atoms with E-state index in [-0.39, 0.29) is 29.3 Å². The Hall–Kier alpha value is -1.66. The molecule has 19 heavy (non-hydrogen) atoms. The number of nitrogens with two attached hydrogens (primary N) is 1. The molecule has 1 saturated carbocycles.